The van der Waals surface area contributed by atoms with Crippen molar-refractivity contribution in [3.8, 4) is 11.1 Å². The van der Waals surface area contributed by atoms with Gasteiger partial charge in [0.05, 0.1) is 13.2 Å². The number of nitrogens with zero attached hydrogens (tertiary/aromatic N) is 3. The number of aliphatic hydroxyl groups is 1. The molecule has 2 heterocycles. The maximum atomic E-state index is 13.4. The summed E-state index contributed by atoms with van der Waals surface area (Å²) in [5.74, 6) is -0.520. The molecule has 0 unspecified atom stereocenters. The molecule has 0 bridgehead atoms. The highest BCUT2D eigenvalue weighted by Gasteiger charge is 2.41. The van der Waals surface area contributed by atoms with Gasteiger partial charge in [-0.3, -0.25) is 19.3 Å². The molecule has 2 aromatic carbocycles. The number of carbonyl (C=O) groups excluding carboxylic acids is 3. The topological polar surface area (TPSA) is 81.2 Å². The molecule has 0 spiro atoms. The molecule has 33 heavy (non-hydrogen) atoms. The summed E-state index contributed by atoms with van der Waals surface area (Å²) in [7, 11) is 0. The number of hydrogen-bond donors (Lipinski definition) is 1. The first-order chi connectivity index (χ1) is 15.9. The fourth-order valence-electron chi connectivity index (χ4n) is 4.79. The van der Waals surface area contributed by atoms with Gasteiger partial charge in [-0.1, -0.05) is 36.4 Å². The van der Waals surface area contributed by atoms with Crippen molar-refractivity contribution in [2.75, 3.05) is 45.9 Å². The van der Waals surface area contributed by atoms with Gasteiger partial charge in [-0.25, -0.2) is 0 Å². The molecule has 4 rings (SSSR count). The molecule has 0 saturated carbocycles. The largest absolute Gasteiger partial charge is 0.395 e. The first-order valence-electron chi connectivity index (χ1n) is 11.5. The molecule has 2 aromatic rings. The fraction of sp³-hybridized carbons (Fsp3) is 0.423. The van der Waals surface area contributed by atoms with Crippen LogP contribution in [0.3, 0.4) is 0 Å². The molecule has 0 aliphatic carbocycles. The maximum Gasteiger partial charge on any atom is 0.255 e. The maximum absolute atomic E-state index is 13.4. The molecular formula is C26H31N3O4. The van der Waals surface area contributed by atoms with E-state index >= 15 is 0 Å². The number of piperazine rings is 1. The van der Waals surface area contributed by atoms with Gasteiger partial charge in [0.15, 0.2) is 5.78 Å². The Morgan fingerprint density at radius 1 is 1.00 bits per heavy atom. The summed E-state index contributed by atoms with van der Waals surface area (Å²) in [6, 6.07) is 13.1. The Morgan fingerprint density at radius 3 is 2.39 bits per heavy atom. The van der Waals surface area contributed by atoms with E-state index in [9.17, 15) is 14.4 Å². The number of aryl methyl sites for hydroxylation is 2. The molecule has 2 amide bonds. The van der Waals surface area contributed by atoms with Crippen molar-refractivity contribution in [3.05, 3.63) is 59.2 Å². The molecule has 1 atom stereocenters. The predicted molar refractivity (Wildman–Crippen MR) is 126 cm³/mol. The van der Waals surface area contributed by atoms with E-state index < -0.39 is 6.04 Å². The minimum absolute atomic E-state index is 0.0291. The van der Waals surface area contributed by atoms with E-state index in [1.807, 2.05) is 31.2 Å². The zero-order valence-electron chi connectivity index (χ0n) is 19.3. The second-order valence-corrected chi connectivity index (χ2v) is 8.93. The standard InChI is InChI=1S/C26H31N3O4/c1-18-5-3-4-6-22(18)20-7-8-23(19(2)15-20)25(32)29-17-21(31)16-24(29)26(33)28-11-9-27(10-12-28)13-14-30/h3-8,15,24,30H,9-14,16-17H2,1-2H3/t24-/m1/s1. The fourth-order valence-corrected chi connectivity index (χ4v) is 4.79. The lowest BCUT2D eigenvalue weighted by Gasteiger charge is -2.37. The summed E-state index contributed by atoms with van der Waals surface area (Å²) in [5, 5.41) is 9.11. The van der Waals surface area contributed by atoms with Crippen molar-refractivity contribution in [1.29, 1.82) is 0 Å². The normalized spacial score (nSPS) is 19.2. The quantitative estimate of drug-likeness (QED) is 0.754. The van der Waals surface area contributed by atoms with Gasteiger partial charge in [-0.2, -0.15) is 0 Å². The zero-order chi connectivity index (χ0) is 23.5. The Kier molecular flexibility index (Phi) is 6.91. The van der Waals surface area contributed by atoms with Gasteiger partial charge in [-0.05, 0) is 42.2 Å². The lowest BCUT2D eigenvalue weighted by molar-refractivity contribution is -0.137. The third-order valence-electron chi connectivity index (χ3n) is 6.70. The second kappa shape index (κ2) is 9.85. The van der Waals surface area contributed by atoms with Gasteiger partial charge < -0.3 is 14.9 Å². The summed E-state index contributed by atoms with van der Waals surface area (Å²) in [5.41, 5.74) is 4.65. The average Bonchev–Trinajstić information content (AvgIpc) is 3.21. The van der Waals surface area contributed by atoms with Crippen LogP contribution in [0.15, 0.2) is 42.5 Å². The molecule has 7 heteroatoms. The lowest BCUT2D eigenvalue weighted by Crippen LogP contribution is -2.54. The van der Waals surface area contributed by atoms with Gasteiger partial charge in [0, 0.05) is 44.7 Å². The first kappa shape index (κ1) is 23.1. The van der Waals surface area contributed by atoms with Crippen LogP contribution < -0.4 is 0 Å². The third-order valence-corrected chi connectivity index (χ3v) is 6.70. The molecule has 0 aromatic heterocycles. The van der Waals surface area contributed by atoms with Crippen molar-refractivity contribution >= 4 is 17.6 Å². The number of aliphatic hydroxyl groups excluding tert-OH is 1. The van der Waals surface area contributed by atoms with E-state index in [4.69, 9.17) is 5.11 Å². The summed E-state index contributed by atoms with van der Waals surface area (Å²) in [6.45, 7) is 7.04. The van der Waals surface area contributed by atoms with Crippen LogP contribution in [-0.2, 0) is 9.59 Å². The lowest BCUT2D eigenvalue weighted by atomic mass is 9.96. The molecular weight excluding hydrogens is 418 g/mol. The minimum atomic E-state index is -0.746. The van der Waals surface area contributed by atoms with Crippen LogP contribution >= 0.6 is 0 Å². The summed E-state index contributed by atoms with van der Waals surface area (Å²) in [4.78, 5) is 44.2. The van der Waals surface area contributed by atoms with Crippen molar-refractivity contribution in [3.63, 3.8) is 0 Å². The number of likely N-dealkylation sites (tertiary alicyclic amines) is 1. The van der Waals surface area contributed by atoms with Crippen LogP contribution in [0.5, 0.6) is 0 Å². The Bertz CT molecular complexity index is 1060. The number of carbonyl (C=O) groups is 3. The molecule has 0 radical (unpaired) electrons. The van der Waals surface area contributed by atoms with Crippen molar-refractivity contribution in [2.45, 2.75) is 26.3 Å². The second-order valence-electron chi connectivity index (χ2n) is 8.93. The van der Waals surface area contributed by atoms with Crippen LogP contribution in [0, 0.1) is 13.8 Å². The number of amides is 2. The van der Waals surface area contributed by atoms with Crippen LogP contribution in [0.2, 0.25) is 0 Å². The highest BCUT2D eigenvalue weighted by molar-refractivity contribution is 6.04. The van der Waals surface area contributed by atoms with E-state index in [1.54, 1.807) is 11.0 Å². The Hall–Kier alpha value is -3.03. The van der Waals surface area contributed by atoms with E-state index in [1.165, 1.54) is 4.90 Å². The van der Waals surface area contributed by atoms with E-state index in [2.05, 4.69) is 24.0 Å². The third kappa shape index (κ3) is 4.84. The Labute approximate surface area is 194 Å². The number of ketones is 1. The monoisotopic (exact) mass is 449 g/mol. The molecule has 1 N–H and O–H groups in total. The number of hydrogen-bond acceptors (Lipinski definition) is 5. The van der Waals surface area contributed by atoms with Crippen molar-refractivity contribution < 1.29 is 19.5 Å². The smallest absolute Gasteiger partial charge is 0.255 e. The molecule has 174 valence electrons. The average molecular weight is 450 g/mol. The van der Waals surface area contributed by atoms with E-state index in [-0.39, 0.29) is 37.2 Å². The van der Waals surface area contributed by atoms with Crippen LogP contribution in [0.1, 0.15) is 27.9 Å². The van der Waals surface area contributed by atoms with Crippen LogP contribution in [0.25, 0.3) is 11.1 Å². The number of β-amino-alcohol motifs (C(OH)–C–C–N with tert-alkyl or cyclic N) is 1. The molecule has 7 nitrogen and oxygen atoms in total. The van der Waals surface area contributed by atoms with Crippen molar-refractivity contribution in [1.82, 2.24) is 14.7 Å². The van der Waals surface area contributed by atoms with Crippen LogP contribution in [-0.4, -0.2) is 89.3 Å². The first-order valence-corrected chi connectivity index (χ1v) is 11.5. The minimum Gasteiger partial charge on any atom is -0.395 e. The highest BCUT2D eigenvalue weighted by Crippen LogP contribution is 2.27. The van der Waals surface area contributed by atoms with Gasteiger partial charge >= 0.3 is 0 Å². The molecule has 2 fully saturated rings. The van der Waals surface area contributed by atoms with Crippen molar-refractivity contribution in [2.24, 2.45) is 0 Å². The summed E-state index contributed by atoms with van der Waals surface area (Å²) < 4.78 is 0. The SMILES string of the molecule is Cc1cc(-c2ccccc2C)ccc1C(=O)N1CC(=O)C[C@@H]1C(=O)N1CCN(CCO)CC1. The number of benzene rings is 2. The van der Waals surface area contributed by atoms with Gasteiger partial charge in [0.2, 0.25) is 5.91 Å². The van der Waals surface area contributed by atoms with Gasteiger partial charge in [-0.15, -0.1) is 0 Å². The zero-order valence-corrected chi connectivity index (χ0v) is 19.3. The molecule has 2 saturated heterocycles. The van der Waals surface area contributed by atoms with Gasteiger partial charge in [0.1, 0.15) is 6.04 Å². The molecule has 2 aliphatic heterocycles. The molecule has 2 aliphatic rings. The highest BCUT2D eigenvalue weighted by atomic mass is 16.3. The summed E-state index contributed by atoms with van der Waals surface area (Å²) >= 11 is 0. The van der Waals surface area contributed by atoms with Gasteiger partial charge in [0.25, 0.3) is 5.91 Å². The van der Waals surface area contributed by atoms with E-state index in [0.717, 1.165) is 22.3 Å². The summed E-state index contributed by atoms with van der Waals surface area (Å²) in [6.07, 6.45) is 0.0712. The number of Topliss-reactive ketones (excluding diaryl/α,β-unsaturated/α-hetero) is 1. The van der Waals surface area contributed by atoms with Crippen LogP contribution in [0.4, 0.5) is 0 Å². The predicted octanol–water partition coefficient (Wildman–Crippen LogP) is 1.89. The Balaban J connectivity index is 1.51. The Morgan fingerprint density at radius 2 is 1.73 bits per heavy atom. The van der Waals surface area contributed by atoms with E-state index in [0.29, 0.717) is 38.3 Å². The number of rotatable bonds is 5.